The summed E-state index contributed by atoms with van der Waals surface area (Å²) in [6.07, 6.45) is 2.80. The fourth-order valence-corrected chi connectivity index (χ4v) is 3.95. The van der Waals surface area contributed by atoms with Gasteiger partial charge in [-0.1, -0.05) is 47.5 Å². The molecule has 2 aromatic carbocycles. The SMILES string of the molecule is Cc1cccc(CCCNC(=O)CN(c2ccc(C)cc2C)S(C)(=O)=O)c1. The van der Waals surface area contributed by atoms with Crippen molar-refractivity contribution in [2.75, 3.05) is 23.7 Å². The Kier molecular flexibility index (Phi) is 7.02. The maximum absolute atomic E-state index is 12.3. The molecule has 0 aliphatic carbocycles. The number of rotatable bonds is 8. The third-order valence-electron chi connectivity index (χ3n) is 4.36. The number of sulfonamides is 1. The van der Waals surface area contributed by atoms with Crippen LogP contribution < -0.4 is 9.62 Å². The summed E-state index contributed by atoms with van der Waals surface area (Å²) in [5.74, 6) is -0.301. The molecule has 1 N–H and O–H groups in total. The van der Waals surface area contributed by atoms with Crippen LogP contribution in [0.5, 0.6) is 0 Å². The molecule has 0 aliphatic heterocycles. The van der Waals surface area contributed by atoms with E-state index in [4.69, 9.17) is 0 Å². The highest BCUT2D eigenvalue weighted by atomic mass is 32.2. The number of nitrogens with one attached hydrogen (secondary N) is 1. The number of hydrogen-bond donors (Lipinski definition) is 1. The van der Waals surface area contributed by atoms with Crippen molar-refractivity contribution in [1.82, 2.24) is 5.32 Å². The molecule has 0 saturated heterocycles. The van der Waals surface area contributed by atoms with Crippen LogP contribution in [0.15, 0.2) is 42.5 Å². The van der Waals surface area contributed by atoms with Crippen molar-refractivity contribution in [3.05, 3.63) is 64.7 Å². The number of amides is 1. The van der Waals surface area contributed by atoms with Crippen molar-refractivity contribution < 1.29 is 13.2 Å². The zero-order chi connectivity index (χ0) is 20.0. The average Bonchev–Trinajstić information content (AvgIpc) is 2.56. The van der Waals surface area contributed by atoms with Crippen LogP contribution in [0.4, 0.5) is 5.69 Å². The molecule has 0 heterocycles. The van der Waals surface area contributed by atoms with E-state index in [1.165, 1.54) is 11.1 Å². The lowest BCUT2D eigenvalue weighted by Gasteiger charge is -2.24. The number of carbonyl (C=O) groups is 1. The minimum Gasteiger partial charge on any atom is -0.355 e. The average molecular weight is 389 g/mol. The largest absolute Gasteiger partial charge is 0.355 e. The van der Waals surface area contributed by atoms with Crippen LogP contribution in [0.1, 0.15) is 28.7 Å². The van der Waals surface area contributed by atoms with Gasteiger partial charge in [-0.3, -0.25) is 9.10 Å². The third kappa shape index (κ3) is 6.40. The van der Waals surface area contributed by atoms with Gasteiger partial charge in [-0.15, -0.1) is 0 Å². The van der Waals surface area contributed by atoms with Crippen LogP contribution in [-0.2, 0) is 21.2 Å². The highest BCUT2D eigenvalue weighted by Crippen LogP contribution is 2.23. The van der Waals surface area contributed by atoms with E-state index in [0.717, 1.165) is 34.5 Å². The maximum atomic E-state index is 12.3. The Morgan fingerprint density at radius 2 is 1.74 bits per heavy atom. The van der Waals surface area contributed by atoms with Gasteiger partial charge in [0, 0.05) is 6.54 Å². The molecule has 5 nitrogen and oxygen atoms in total. The molecule has 27 heavy (non-hydrogen) atoms. The number of nitrogens with zero attached hydrogens (tertiary/aromatic N) is 1. The Morgan fingerprint density at radius 1 is 1.04 bits per heavy atom. The zero-order valence-corrected chi connectivity index (χ0v) is 17.3. The van der Waals surface area contributed by atoms with E-state index in [-0.39, 0.29) is 12.5 Å². The summed E-state index contributed by atoms with van der Waals surface area (Å²) in [6.45, 7) is 6.14. The number of aryl methyl sites for hydroxylation is 4. The summed E-state index contributed by atoms with van der Waals surface area (Å²) >= 11 is 0. The lowest BCUT2D eigenvalue weighted by atomic mass is 10.1. The predicted octanol–water partition coefficient (Wildman–Crippen LogP) is 3.13. The van der Waals surface area contributed by atoms with E-state index in [1.54, 1.807) is 6.07 Å². The van der Waals surface area contributed by atoms with Crippen LogP contribution in [0.25, 0.3) is 0 Å². The molecule has 0 aliphatic rings. The highest BCUT2D eigenvalue weighted by molar-refractivity contribution is 7.92. The molecular formula is C21H28N2O3S. The summed E-state index contributed by atoms with van der Waals surface area (Å²) in [5, 5.41) is 2.83. The lowest BCUT2D eigenvalue weighted by Crippen LogP contribution is -2.41. The molecule has 1 amide bonds. The number of anilines is 1. The quantitative estimate of drug-likeness (QED) is 0.707. The van der Waals surface area contributed by atoms with Gasteiger partial charge in [0.15, 0.2) is 0 Å². The van der Waals surface area contributed by atoms with Gasteiger partial charge < -0.3 is 5.32 Å². The molecule has 0 fully saturated rings. The molecule has 0 radical (unpaired) electrons. The van der Waals surface area contributed by atoms with Crippen molar-refractivity contribution in [2.24, 2.45) is 0 Å². The Bertz CT molecular complexity index is 907. The topological polar surface area (TPSA) is 66.5 Å². The van der Waals surface area contributed by atoms with E-state index in [1.807, 2.05) is 32.0 Å². The van der Waals surface area contributed by atoms with Crippen molar-refractivity contribution in [3.63, 3.8) is 0 Å². The molecule has 0 atom stereocenters. The smallest absolute Gasteiger partial charge is 0.240 e. The van der Waals surface area contributed by atoms with Crippen LogP contribution >= 0.6 is 0 Å². The zero-order valence-electron chi connectivity index (χ0n) is 16.5. The van der Waals surface area contributed by atoms with Gasteiger partial charge in [-0.05, 0) is 50.8 Å². The molecular weight excluding hydrogens is 360 g/mol. The first kappa shape index (κ1) is 21.0. The van der Waals surface area contributed by atoms with Crippen LogP contribution in [0.3, 0.4) is 0 Å². The van der Waals surface area contributed by atoms with Gasteiger partial charge in [-0.25, -0.2) is 8.42 Å². The number of hydrogen-bond acceptors (Lipinski definition) is 3. The van der Waals surface area contributed by atoms with Gasteiger partial charge in [0.1, 0.15) is 6.54 Å². The van der Waals surface area contributed by atoms with E-state index in [2.05, 4.69) is 30.4 Å². The first-order valence-corrected chi connectivity index (χ1v) is 10.9. The summed E-state index contributed by atoms with van der Waals surface area (Å²) < 4.78 is 25.6. The van der Waals surface area contributed by atoms with E-state index in [0.29, 0.717) is 12.2 Å². The first-order valence-electron chi connectivity index (χ1n) is 9.04. The molecule has 2 aromatic rings. The second-order valence-corrected chi connectivity index (χ2v) is 8.91. The Morgan fingerprint density at radius 3 is 2.37 bits per heavy atom. The molecule has 0 aromatic heterocycles. The summed E-state index contributed by atoms with van der Waals surface area (Å²) in [7, 11) is -3.55. The second kappa shape index (κ2) is 9.04. The predicted molar refractivity (Wildman–Crippen MR) is 111 cm³/mol. The molecule has 146 valence electrons. The van der Waals surface area contributed by atoms with Crippen molar-refractivity contribution >= 4 is 21.6 Å². The van der Waals surface area contributed by atoms with Crippen molar-refractivity contribution in [3.8, 4) is 0 Å². The fourth-order valence-electron chi connectivity index (χ4n) is 3.04. The summed E-state index contributed by atoms with van der Waals surface area (Å²) in [6, 6.07) is 13.8. The number of benzene rings is 2. The van der Waals surface area contributed by atoms with Gasteiger partial charge in [0.2, 0.25) is 15.9 Å². The van der Waals surface area contributed by atoms with E-state index >= 15 is 0 Å². The van der Waals surface area contributed by atoms with Gasteiger partial charge in [0.05, 0.1) is 11.9 Å². The summed E-state index contributed by atoms with van der Waals surface area (Å²) in [5.41, 5.74) is 4.86. The normalized spacial score (nSPS) is 11.3. The Labute approximate surface area is 162 Å². The van der Waals surface area contributed by atoms with Gasteiger partial charge >= 0.3 is 0 Å². The molecule has 0 bridgehead atoms. The molecule has 0 saturated carbocycles. The highest BCUT2D eigenvalue weighted by Gasteiger charge is 2.22. The van der Waals surface area contributed by atoms with E-state index < -0.39 is 10.0 Å². The minimum atomic E-state index is -3.55. The lowest BCUT2D eigenvalue weighted by molar-refractivity contribution is -0.119. The van der Waals surface area contributed by atoms with Crippen molar-refractivity contribution in [1.29, 1.82) is 0 Å². The molecule has 0 spiro atoms. The molecule has 2 rings (SSSR count). The second-order valence-electron chi connectivity index (χ2n) is 7.00. The Balaban J connectivity index is 1.94. The molecule has 6 heteroatoms. The van der Waals surface area contributed by atoms with Crippen LogP contribution in [0.2, 0.25) is 0 Å². The summed E-state index contributed by atoms with van der Waals surface area (Å²) in [4.78, 5) is 12.3. The standard InChI is InChI=1S/C21H28N2O3S/c1-16-7-5-8-19(14-16)9-6-12-22-21(24)15-23(27(4,25)26)20-11-10-17(2)13-18(20)3/h5,7-8,10-11,13-14H,6,9,12,15H2,1-4H3,(H,22,24). The van der Waals surface area contributed by atoms with Crippen LogP contribution in [0, 0.1) is 20.8 Å². The molecule has 0 unspecified atom stereocenters. The first-order chi connectivity index (χ1) is 12.7. The third-order valence-corrected chi connectivity index (χ3v) is 5.48. The van der Waals surface area contributed by atoms with Gasteiger partial charge in [-0.2, -0.15) is 0 Å². The monoisotopic (exact) mass is 388 g/mol. The van der Waals surface area contributed by atoms with Gasteiger partial charge in [0.25, 0.3) is 0 Å². The fraction of sp³-hybridized carbons (Fsp3) is 0.381. The van der Waals surface area contributed by atoms with Crippen LogP contribution in [-0.4, -0.2) is 33.7 Å². The van der Waals surface area contributed by atoms with E-state index in [9.17, 15) is 13.2 Å². The van der Waals surface area contributed by atoms with Crippen molar-refractivity contribution in [2.45, 2.75) is 33.6 Å². The Hall–Kier alpha value is -2.34. The number of carbonyl (C=O) groups excluding carboxylic acids is 1. The minimum absolute atomic E-state index is 0.215. The maximum Gasteiger partial charge on any atom is 0.240 e.